The molecule has 0 aliphatic carbocycles. The van der Waals surface area contributed by atoms with Crippen LogP contribution in [-0.4, -0.2) is 35.3 Å². The van der Waals surface area contributed by atoms with E-state index in [4.69, 9.17) is 5.26 Å². The number of anilines is 1. The molecule has 0 saturated carbocycles. The summed E-state index contributed by atoms with van der Waals surface area (Å²) in [5.74, 6) is -0.433. The molecule has 0 aliphatic heterocycles. The summed E-state index contributed by atoms with van der Waals surface area (Å²) in [6.45, 7) is -0.127. The number of nitriles is 1. The summed E-state index contributed by atoms with van der Waals surface area (Å²) in [6.07, 6.45) is 2.36. The number of carbonyl (C=O) groups is 1. The lowest BCUT2D eigenvalue weighted by Gasteiger charge is -2.06. The van der Waals surface area contributed by atoms with Gasteiger partial charge in [-0.15, -0.1) is 5.10 Å². The Morgan fingerprint density at radius 2 is 2.24 bits per heavy atom. The molecule has 1 aromatic heterocycles. The fourth-order valence-corrected chi connectivity index (χ4v) is 2.24. The number of rotatable bonds is 4. The molecular weight excluding hydrogens is 294 g/mol. The van der Waals surface area contributed by atoms with E-state index in [0.717, 1.165) is 6.26 Å². The van der Waals surface area contributed by atoms with Crippen LogP contribution in [0.4, 0.5) is 5.69 Å². The molecular formula is C12H11N5O3S. The van der Waals surface area contributed by atoms with Crippen molar-refractivity contribution in [3.63, 3.8) is 0 Å². The minimum Gasteiger partial charge on any atom is -0.324 e. The average molecular weight is 305 g/mol. The summed E-state index contributed by atoms with van der Waals surface area (Å²) in [5.41, 5.74) is 0.364. The second-order valence-electron chi connectivity index (χ2n) is 4.23. The van der Waals surface area contributed by atoms with E-state index in [9.17, 15) is 13.2 Å². The minimum absolute atomic E-state index is 0.0260. The van der Waals surface area contributed by atoms with E-state index in [1.807, 2.05) is 0 Å². The molecule has 8 nitrogen and oxygen atoms in total. The Morgan fingerprint density at radius 3 is 2.86 bits per heavy atom. The van der Waals surface area contributed by atoms with Crippen LogP contribution in [0.2, 0.25) is 0 Å². The molecule has 0 bridgehead atoms. The number of carbonyl (C=O) groups excluding carboxylic acids is 1. The summed E-state index contributed by atoms with van der Waals surface area (Å²) >= 11 is 0. The predicted molar refractivity (Wildman–Crippen MR) is 72.9 cm³/mol. The molecule has 0 spiro atoms. The van der Waals surface area contributed by atoms with Gasteiger partial charge in [-0.05, 0) is 18.2 Å². The summed E-state index contributed by atoms with van der Waals surface area (Å²) in [7, 11) is -3.33. The van der Waals surface area contributed by atoms with Gasteiger partial charge in [0.2, 0.25) is 5.91 Å². The second-order valence-corrected chi connectivity index (χ2v) is 6.24. The van der Waals surface area contributed by atoms with E-state index in [0.29, 0.717) is 5.69 Å². The summed E-state index contributed by atoms with van der Waals surface area (Å²) in [4.78, 5) is 15.6. The Bertz CT molecular complexity index is 819. The van der Waals surface area contributed by atoms with Crippen LogP contribution in [0.15, 0.2) is 35.5 Å². The maximum atomic E-state index is 11.8. The molecule has 9 heteroatoms. The quantitative estimate of drug-likeness (QED) is 0.861. The van der Waals surface area contributed by atoms with Crippen LogP contribution in [0.1, 0.15) is 5.82 Å². The molecule has 21 heavy (non-hydrogen) atoms. The van der Waals surface area contributed by atoms with Crippen LogP contribution >= 0.6 is 0 Å². The van der Waals surface area contributed by atoms with Gasteiger partial charge < -0.3 is 5.32 Å². The molecule has 0 saturated heterocycles. The molecule has 1 heterocycles. The number of aromatic nitrogens is 3. The number of hydrogen-bond acceptors (Lipinski definition) is 6. The molecule has 0 atom stereocenters. The second kappa shape index (κ2) is 5.72. The SMILES string of the molecule is CS(=O)(=O)c1cccc(NC(=O)Cn2cnc(C#N)n2)c1. The van der Waals surface area contributed by atoms with E-state index in [1.54, 1.807) is 12.1 Å². The first kappa shape index (κ1) is 14.7. The van der Waals surface area contributed by atoms with Crippen LogP contribution in [-0.2, 0) is 21.2 Å². The van der Waals surface area contributed by atoms with Gasteiger partial charge in [-0.1, -0.05) is 6.07 Å². The first-order chi connectivity index (χ1) is 9.88. The minimum atomic E-state index is -3.33. The van der Waals surface area contributed by atoms with Crippen LogP contribution in [0.25, 0.3) is 0 Å². The highest BCUT2D eigenvalue weighted by Crippen LogP contribution is 2.15. The number of nitrogens with zero attached hydrogens (tertiary/aromatic N) is 4. The van der Waals surface area contributed by atoms with Crippen molar-refractivity contribution in [2.24, 2.45) is 0 Å². The Hall–Kier alpha value is -2.73. The highest BCUT2D eigenvalue weighted by molar-refractivity contribution is 7.90. The predicted octanol–water partition coefficient (Wildman–Crippen LogP) is 0.192. The third-order valence-corrected chi connectivity index (χ3v) is 3.60. The third kappa shape index (κ3) is 3.87. The van der Waals surface area contributed by atoms with Gasteiger partial charge in [0.25, 0.3) is 5.82 Å². The molecule has 2 aromatic rings. The van der Waals surface area contributed by atoms with Crippen LogP contribution < -0.4 is 5.32 Å². The maximum absolute atomic E-state index is 11.8. The molecule has 0 radical (unpaired) electrons. The van der Waals surface area contributed by atoms with Crippen molar-refractivity contribution in [1.82, 2.24) is 14.8 Å². The normalized spacial score (nSPS) is 10.9. The van der Waals surface area contributed by atoms with Gasteiger partial charge in [-0.3, -0.25) is 4.79 Å². The summed E-state index contributed by atoms with van der Waals surface area (Å²) in [5, 5.41) is 14.9. The zero-order valence-electron chi connectivity index (χ0n) is 11.0. The van der Waals surface area contributed by atoms with Crippen molar-refractivity contribution < 1.29 is 13.2 Å². The monoisotopic (exact) mass is 305 g/mol. The van der Waals surface area contributed by atoms with Crippen molar-refractivity contribution in [1.29, 1.82) is 5.26 Å². The molecule has 0 unspecified atom stereocenters. The van der Waals surface area contributed by atoms with E-state index < -0.39 is 15.7 Å². The first-order valence-electron chi connectivity index (χ1n) is 5.78. The number of amides is 1. The van der Waals surface area contributed by atoms with Crippen LogP contribution in [0, 0.1) is 11.3 Å². The third-order valence-electron chi connectivity index (χ3n) is 2.49. The van der Waals surface area contributed by atoms with E-state index in [1.165, 1.54) is 29.2 Å². The van der Waals surface area contributed by atoms with E-state index in [-0.39, 0.29) is 17.3 Å². The van der Waals surface area contributed by atoms with Gasteiger partial charge in [0.1, 0.15) is 18.9 Å². The van der Waals surface area contributed by atoms with Crippen molar-refractivity contribution in [3.05, 3.63) is 36.4 Å². The standard InChI is InChI=1S/C12H11N5O3S/c1-21(19,20)10-4-2-3-9(5-10)15-12(18)7-17-8-14-11(6-13)16-17/h2-5,8H,7H2,1H3,(H,15,18). The lowest BCUT2D eigenvalue weighted by molar-refractivity contribution is -0.116. The fourth-order valence-electron chi connectivity index (χ4n) is 1.57. The fraction of sp³-hybridized carbons (Fsp3) is 0.167. The Balaban J connectivity index is 2.08. The van der Waals surface area contributed by atoms with Gasteiger partial charge in [0, 0.05) is 11.9 Å². The number of hydrogen-bond donors (Lipinski definition) is 1. The molecule has 2 rings (SSSR count). The molecule has 0 aliphatic rings. The molecule has 1 N–H and O–H groups in total. The molecule has 1 amide bonds. The van der Waals surface area contributed by atoms with Gasteiger partial charge >= 0.3 is 0 Å². The van der Waals surface area contributed by atoms with Gasteiger partial charge in [0.05, 0.1) is 4.90 Å². The largest absolute Gasteiger partial charge is 0.324 e. The first-order valence-corrected chi connectivity index (χ1v) is 7.67. The number of benzene rings is 1. The van der Waals surface area contributed by atoms with E-state index in [2.05, 4.69) is 15.4 Å². The Morgan fingerprint density at radius 1 is 1.48 bits per heavy atom. The van der Waals surface area contributed by atoms with Crippen molar-refractivity contribution in [2.75, 3.05) is 11.6 Å². The van der Waals surface area contributed by atoms with Crippen molar-refractivity contribution in [3.8, 4) is 6.07 Å². The molecule has 1 aromatic carbocycles. The average Bonchev–Trinajstić information content (AvgIpc) is 2.85. The van der Waals surface area contributed by atoms with Gasteiger partial charge in [0.15, 0.2) is 9.84 Å². The smallest absolute Gasteiger partial charge is 0.252 e. The molecule has 0 fully saturated rings. The summed E-state index contributed by atoms with van der Waals surface area (Å²) < 4.78 is 24.1. The molecule has 108 valence electrons. The number of nitrogens with one attached hydrogen (secondary N) is 1. The van der Waals surface area contributed by atoms with Crippen molar-refractivity contribution >= 4 is 21.4 Å². The topological polar surface area (TPSA) is 118 Å². The Kier molecular flexibility index (Phi) is 4.00. The van der Waals surface area contributed by atoms with Crippen LogP contribution in [0.3, 0.4) is 0 Å². The van der Waals surface area contributed by atoms with Gasteiger partial charge in [-0.25, -0.2) is 18.1 Å². The highest BCUT2D eigenvalue weighted by atomic mass is 32.2. The summed E-state index contributed by atoms with van der Waals surface area (Å²) in [6, 6.07) is 7.68. The Labute approximate surface area is 121 Å². The van der Waals surface area contributed by atoms with E-state index >= 15 is 0 Å². The maximum Gasteiger partial charge on any atom is 0.252 e. The van der Waals surface area contributed by atoms with Gasteiger partial charge in [-0.2, -0.15) is 5.26 Å². The lowest BCUT2D eigenvalue weighted by atomic mass is 10.3. The zero-order valence-corrected chi connectivity index (χ0v) is 11.8. The van der Waals surface area contributed by atoms with Crippen LogP contribution in [0.5, 0.6) is 0 Å². The number of sulfone groups is 1. The van der Waals surface area contributed by atoms with Crippen molar-refractivity contribution in [2.45, 2.75) is 11.4 Å². The highest BCUT2D eigenvalue weighted by Gasteiger charge is 2.10. The lowest BCUT2D eigenvalue weighted by Crippen LogP contribution is -2.19. The zero-order chi connectivity index (χ0) is 15.5.